The van der Waals surface area contributed by atoms with E-state index in [9.17, 15) is 13.2 Å². The van der Waals surface area contributed by atoms with Crippen molar-refractivity contribution in [2.24, 2.45) is 0 Å². The first-order valence-corrected chi connectivity index (χ1v) is 14.1. The molecule has 12 heteroatoms. The number of likely N-dealkylation sites (N-methyl/N-ethyl adjacent to an activating group) is 1. The Balaban J connectivity index is 1.11. The number of piperazine rings is 1. The summed E-state index contributed by atoms with van der Waals surface area (Å²) >= 11 is 1.82. The van der Waals surface area contributed by atoms with Crippen LogP contribution in [0.15, 0.2) is 46.9 Å². The van der Waals surface area contributed by atoms with Gasteiger partial charge < -0.3 is 14.6 Å². The molecule has 0 atom stereocenters. The SMILES string of the molecule is Cc1cc(Nc2ccc(C(F)(F)F)cc2)n2nc(CCCSCc3ccc(CN4CCN(C)CC4)o3)nc2n1. The van der Waals surface area contributed by atoms with Crippen molar-refractivity contribution >= 4 is 29.0 Å². The summed E-state index contributed by atoms with van der Waals surface area (Å²) in [6.45, 7) is 7.03. The van der Waals surface area contributed by atoms with E-state index in [0.29, 0.717) is 29.5 Å². The van der Waals surface area contributed by atoms with Gasteiger partial charge in [0.1, 0.15) is 17.3 Å². The summed E-state index contributed by atoms with van der Waals surface area (Å²) in [5, 5.41) is 7.73. The molecule has 0 radical (unpaired) electrons. The molecule has 1 fully saturated rings. The molecular formula is C27H32F3N7OS. The molecule has 4 aromatic rings. The third-order valence-corrected chi connectivity index (χ3v) is 7.66. The lowest BCUT2D eigenvalue weighted by atomic mass is 10.2. The van der Waals surface area contributed by atoms with Crippen LogP contribution in [0.5, 0.6) is 0 Å². The molecule has 1 saturated heterocycles. The van der Waals surface area contributed by atoms with Gasteiger partial charge in [-0.3, -0.25) is 4.90 Å². The fourth-order valence-electron chi connectivity index (χ4n) is 4.43. The minimum Gasteiger partial charge on any atom is -0.464 e. The third kappa shape index (κ3) is 7.31. The zero-order valence-corrected chi connectivity index (χ0v) is 22.9. The van der Waals surface area contributed by atoms with E-state index in [1.54, 1.807) is 10.6 Å². The quantitative estimate of drug-likeness (QED) is 0.259. The van der Waals surface area contributed by atoms with Crippen LogP contribution in [0, 0.1) is 6.92 Å². The molecule has 0 spiro atoms. The first-order chi connectivity index (χ1) is 18.7. The molecule has 1 aliphatic heterocycles. The Morgan fingerprint density at radius 3 is 2.49 bits per heavy atom. The van der Waals surface area contributed by atoms with Gasteiger partial charge in [0.05, 0.1) is 17.9 Å². The van der Waals surface area contributed by atoms with Gasteiger partial charge in [0.25, 0.3) is 5.78 Å². The van der Waals surface area contributed by atoms with Crippen LogP contribution in [0.1, 0.15) is 35.0 Å². The second-order valence-electron chi connectivity index (χ2n) is 9.83. The van der Waals surface area contributed by atoms with Gasteiger partial charge in [0.15, 0.2) is 5.82 Å². The van der Waals surface area contributed by atoms with Crippen molar-refractivity contribution in [3.63, 3.8) is 0 Å². The van der Waals surface area contributed by atoms with Crippen LogP contribution in [-0.2, 0) is 24.9 Å². The van der Waals surface area contributed by atoms with Crippen molar-refractivity contribution in [3.05, 3.63) is 71.1 Å². The molecule has 39 heavy (non-hydrogen) atoms. The van der Waals surface area contributed by atoms with Crippen molar-refractivity contribution in [2.45, 2.75) is 38.2 Å². The van der Waals surface area contributed by atoms with Gasteiger partial charge in [-0.15, -0.1) is 5.10 Å². The molecule has 1 aromatic carbocycles. The number of benzene rings is 1. The van der Waals surface area contributed by atoms with Crippen molar-refractivity contribution in [1.82, 2.24) is 29.4 Å². The number of anilines is 2. The largest absolute Gasteiger partial charge is 0.464 e. The molecule has 1 aliphatic rings. The molecule has 4 heterocycles. The molecule has 5 rings (SSSR count). The number of hydrogen-bond donors (Lipinski definition) is 1. The van der Waals surface area contributed by atoms with E-state index in [1.807, 2.05) is 18.7 Å². The topological polar surface area (TPSA) is 74.7 Å². The van der Waals surface area contributed by atoms with Crippen LogP contribution in [0.25, 0.3) is 5.78 Å². The number of nitrogens with zero attached hydrogens (tertiary/aromatic N) is 6. The Bertz CT molecular complexity index is 1380. The highest BCUT2D eigenvalue weighted by atomic mass is 32.2. The van der Waals surface area contributed by atoms with Crippen LogP contribution >= 0.6 is 11.8 Å². The van der Waals surface area contributed by atoms with Crippen LogP contribution in [0.3, 0.4) is 0 Å². The Hall–Kier alpha value is -3.09. The zero-order chi connectivity index (χ0) is 27.4. The van der Waals surface area contributed by atoms with Crippen LogP contribution in [0.4, 0.5) is 24.7 Å². The molecule has 0 saturated carbocycles. The summed E-state index contributed by atoms with van der Waals surface area (Å²) < 4.78 is 46.3. The maximum atomic E-state index is 12.9. The van der Waals surface area contributed by atoms with Gasteiger partial charge in [0.2, 0.25) is 0 Å². The lowest BCUT2D eigenvalue weighted by Gasteiger charge is -2.31. The van der Waals surface area contributed by atoms with E-state index in [4.69, 9.17) is 4.42 Å². The predicted octanol–water partition coefficient (Wildman–Crippen LogP) is 5.40. The Kier molecular flexibility index (Phi) is 8.43. The van der Waals surface area contributed by atoms with Crippen molar-refractivity contribution in [3.8, 4) is 0 Å². The van der Waals surface area contributed by atoms with E-state index in [0.717, 1.165) is 80.0 Å². The average Bonchev–Trinajstić information content (AvgIpc) is 3.51. The number of halogens is 3. The Morgan fingerprint density at radius 1 is 1.00 bits per heavy atom. The van der Waals surface area contributed by atoms with Gasteiger partial charge in [-0.2, -0.15) is 34.4 Å². The monoisotopic (exact) mass is 559 g/mol. The van der Waals surface area contributed by atoms with E-state index in [2.05, 4.69) is 49.4 Å². The Morgan fingerprint density at radius 2 is 1.74 bits per heavy atom. The highest BCUT2D eigenvalue weighted by Crippen LogP contribution is 2.30. The summed E-state index contributed by atoms with van der Waals surface area (Å²) in [6.07, 6.45) is -2.78. The van der Waals surface area contributed by atoms with Crippen molar-refractivity contribution in [1.29, 1.82) is 0 Å². The van der Waals surface area contributed by atoms with Crippen LogP contribution < -0.4 is 5.32 Å². The maximum Gasteiger partial charge on any atom is 0.416 e. The summed E-state index contributed by atoms with van der Waals surface area (Å²) in [6, 6.07) is 10.8. The van der Waals surface area contributed by atoms with Gasteiger partial charge in [-0.1, -0.05) is 0 Å². The summed E-state index contributed by atoms with van der Waals surface area (Å²) in [4.78, 5) is 13.8. The molecule has 0 aliphatic carbocycles. The van der Waals surface area contributed by atoms with E-state index >= 15 is 0 Å². The first-order valence-electron chi connectivity index (χ1n) is 13.0. The number of hydrogen-bond acceptors (Lipinski definition) is 8. The number of aryl methyl sites for hydroxylation is 2. The number of thioether (sulfide) groups is 1. The molecule has 0 amide bonds. The smallest absolute Gasteiger partial charge is 0.416 e. The van der Waals surface area contributed by atoms with Gasteiger partial charge in [0, 0.05) is 50.0 Å². The standard InChI is InChI=1S/C27H32F3N7OS/c1-19-16-25(32-21-7-5-20(6-8-21)27(28,29)30)37-26(31-19)33-24(34-37)4-3-15-39-18-23-10-9-22(38-23)17-36-13-11-35(2)12-14-36/h5-10,16,32H,3-4,11-15,17-18H2,1-2H3. The Labute approximate surface area is 229 Å². The van der Waals surface area contributed by atoms with Gasteiger partial charge >= 0.3 is 6.18 Å². The zero-order valence-electron chi connectivity index (χ0n) is 22.0. The lowest BCUT2D eigenvalue weighted by molar-refractivity contribution is -0.137. The molecular weight excluding hydrogens is 527 g/mol. The average molecular weight is 560 g/mol. The predicted molar refractivity (Wildman–Crippen MR) is 146 cm³/mol. The maximum absolute atomic E-state index is 12.9. The minimum absolute atomic E-state index is 0.454. The number of rotatable bonds is 10. The highest BCUT2D eigenvalue weighted by Gasteiger charge is 2.30. The van der Waals surface area contributed by atoms with Gasteiger partial charge in [-0.05, 0) is 62.5 Å². The number of fused-ring (bicyclic) bond motifs is 1. The third-order valence-electron chi connectivity index (χ3n) is 6.59. The second kappa shape index (κ2) is 12.0. The normalized spacial score (nSPS) is 15.3. The van der Waals surface area contributed by atoms with Crippen LogP contribution in [0.2, 0.25) is 0 Å². The summed E-state index contributed by atoms with van der Waals surface area (Å²) in [7, 11) is 2.16. The van der Waals surface area contributed by atoms with E-state index in [-0.39, 0.29) is 0 Å². The van der Waals surface area contributed by atoms with Gasteiger partial charge in [-0.25, -0.2) is 4.98 Å². The number of furan rings is 1. The molecule has 208 valence electrons. The lowest BCUT2D eigenvalue weighted by Crippen LogP contribution is -2.43. The van der Waals surface area contributed by atoms with E-state index in [1.165, 1.54) is 12.1 Å². The molecule has 1 N–H and O–H groups in total. The van der Waals surface area contributed by atoms with Crippen LogP contribution in [-0.4, -0.2) is 68.4 Å². The molecule has 0 unspecified atom stereocenters. The number of aromatic nitrogens is 4. The highest BCUT2D eigenvalue weighted by molar-refractivity contribution is 7.98. The van der Waals surface area contributed by atoms with E-state index < -0.39 is 11.7 Å². The molecule has 0 bridgehead atoms. The summed E-state index contributed by atoms with van der Waals surface area (Å²) in [5.74, 6) is 5.50. The number of alkyl halides is 3. The van der Waals surface area contributed by atoms with Crippen molar-refractivity contribution < 1.29 is 17.6 Å². The second-order valence-corrected chi connectivity index (χ2v) is 10.9. The first kappa shape index (κ1) is 27.5. The molecule has 3 aromatic heterocycles. The molecule has 8 nitrogen and oxygen atoms in total. The minimum atomic E-state index is -4.37. The van der Waals surface area contributed by atoms with Crippen molar-refractivity contribution in [2.75, 3.05) is 44.3 Å². The number of nitrogens with one attached hydrogen (secondary N) is 1. The summed E-state index contributed by atoms with van der Waals surface area (Å²) in [5.41, 5.74) is 0.563. The fraction of sp³-hybridized carbons (Fsp3) is 0.444. The fourth-order valence-corrected chi connectivity index (χ4v) is 5.28.